The van der Waals surface area contributed by atoms with Crippen LogP contribution in [0.25, 0.3) is 11.3 Å². The maximum Gasteiger partial charge on any atom is 0.274 e. The van der Waals surface area contributed by atoms with Crippen molar-refractivity contribution in [2.24, 2.45) is 11.7 Å². The lowest BCUT2D eigenvalue weighted by atomic mass is 9.92. The van der Waals surface area contributed by atoms with E-state index in [0.717, 1.165) is 35.9 Å². The number of pyridine rings is 2. The third-order valence-electron chi connectivity index (χ3n) is 6.97. The van der Waals surface area contributed by atoms with Crippen LogP contribution >= 0.6 is 0 Å². The number of benzene rings is 1. The Morgan fingerprint density at radius 1 is 1.11 bits per heavy atom. The van der Waals surface area contributed by atoms with Gasteiger partial charge < -0.3 is 26.2 Å². The normalized spacial score (nSPS) is 23.2. The first kappa shape index (κ1) is 25.1. The SMILES string of the molecule is C[C@H]1CN(c2c(NC(=O)c3ccc(F)c(-c4c(F)cccc4F)n3)cnc3c2CCC3O)C[C@@H](N)[C@@H]1O. The summed E-state index contributed by atoms with van der Waals surface area (Å²) in [6.07, 6.45) is 0.994. The molecule has 0 bridgehead atoms. The van der Waals surface area contributed by atoms with E-state index in [1.165, 1.54) is 6.20 Å². The predicted molar refractivity (Wildman–Crippen MR) is 130 cm³/mol. The summed E-state index contributed by atoms with van der Waals surface area (Å²) in [6.45, 7) is 2.64. The molecular formula is C26H26F3N5O3. The second kappa shape index (κ2) is 9.73. The molecule has 0 saturated carbocycles. The molecule has 1 fully saturated rings. The Morgan fingerprint density at radius 3 is 2.54 bits per heavy atom. The van der Waals surface area contributed by atoms with Crippen molar-refractivity contribution >= 4 is 17.3 Å². The fraction of sp³-hybridized carbons (Fsp3) is 0.346. The number of hydrogen-bond donors (Lipinski definition) is 4. The number of anilines is 2. The fourth-order valence-corrected chi connectivity index (χ4v) is 5.11. The van der Waals surface area contributed by atoms with Crippen LogP contribution in [0.2, 0.25) is 0 Å². The number of piperidine rings is 1. The molecular weight excluding hydrogens is 487 g/mol. The number of nitrogens with zero attached hydrogens (tertiary/aromatic N) is 3. The zero-order valence-corrected chi connectivity index (χ0v) is 20.0. The number of aliphatic hydroxyl groups excluding tert-OH is 2. The van der Waals surface area contributed by atoms with Gasteiger partial charge in [-0.15, -0.1) is 0 Å². The molecule has 0 radical (unpaired) electrons. The standard InChI is InChI=1S/C26H26F3N5O3/c1-12-10-34(11-17(30)25(12)36)24-13-5-8-20(35)22(13)31-9-19(24)33-26(37)18-7-6-16(29)23(32-18)21-14(27)3-2-4-15(21)28/h2-4,6-7,9,12,17,20,25,35-36H,5,8,10-11,30H2,1H3,(H,33,37)/t12-,17+,20?,25+/m0/s1. The largest absolute Gasteiger partial charge is 0.391 e. The molecule has 3 heterocycles. The lowest BCUT2D eigenvalue weighted by Gasteiger charge is -2.41. The van der Waals surface area contributed by atoms with E-state index < -0.39 is 52.9 Å². The average molecular weight is 514 g/mol. The molecule has 1 saturated heterocycles. The molecule has 11 heteroatoms. The molecule has 1 aromatic carbocycles. The Hall–Kier alpha value is -3.54. The topological polar surface area (TPSA) is 125 Å². The van der Waals surface area contributed by atoms with Crippen molar-refractivity contribution in [3.63, 3.8) is 0 Å². The van der Waals surface area contributed by atoms with Crippen LogP contribution in [0.1, 0.15) is 41.2 Å². The molecule has 1 amide bonds. The van der Waals surface area contributed by atoms with E-state index in [1.54, 1.807) is 0 Å². The summed E-state index contributed by atoms with van der Waals surface area (Å²) < 4.78 is 43.1. The highest BCUT2D eigenvalue weighted by atomic mass is 19.1. The number of carbonyl (C=O) groups is 1. The van der Waals surface area contributed by atoms with Crippen molar-refractivity contribution in [1.29, 1.82) is 0 Å². The number of nitrogens with two attached hydrogens (primary N) is 1. The van der Waals surface area contributed by atoms with Gasteiger partial charge in [0.1, 0.15) is 28.8 Å². The van der Waals surface area contributed by atoms with Crippen molar-refractivity contribution in [2.45, 2.75) is 38.0 Å². The van der Waals surface area contributed by atoms with Gasteiger partial charge >= 0.3 is 0 Å². The summed E-state index contributed by atoms with van der Waals surface area (Å²) in [5.74, 6) is -3.90. The Bertz CT molecular complexity index is 1340. The van der Waals surface area contributed by atoms with E-state index >= 15 is 0 Å². The number of fused-ring (bicyclic) bond motifs is 1. The molecule has 5 rings (SSSR count). The van der Waals surface area contributed by atoms with Gasteiger partial charge in [0.2, 0.25) is 0 Å². The van der Waals surface area contributed by atoms with E-state index in [9.17, 15) is 28.2 Å². The van der Waals surface area contributed by atoms with Crippen molar-refractivity contribution < 1.29 is 28.2 Å². The van der Waals surface area contributed by atoms with E-state index in [2.05, 4.69) is 15.3 Å². The average Bonchev–Trinajstić information content (AvgIpc) is 3.23. The number of hydrogen-bond acceptors (Lipinski definition) is 7. The van der Waals surface area contributed by atoms with Gasteiger partial charge in [0.25, 0.3) is 5.91 Å². The molecule has 0 spiro atoms. The fourth-order valence-electron chi connectivity index (χ4n) is 5.11. The number of carbonyl (C=O) groups excluding carboxylic acids is 1. The predicted octanol–water partition coefficient (Wildman–Crippen LogP) is 2.94. The first-order valence-corrected chi connectivity index (χ1v) is 12.0. The molecule has 4 atom stereocenters. The zero-order chi connectivity index (χ0) is 26.4. The highest BCUT2D eigenvalue weighted by Gasteiger charge is 2.36. The first-order valence-electron chi connectivity index (χ1n) is 12.0. The van der Waals surface area contributed by atoms with Crippen LogP contribution in [-0.2, 0) is 6.42 Å². The van der Waals surface area contributed by atoms with Crippen LogP contribution in [0.5, 0.6) is 0 Å². The van der Waals surface area contributed by atoms with Gasteiger partial charge in [-0.3, -0.25) is 9.78 Å². The van der Waals surface area contributed by atoms with Crippen LogP contribution in [0.3, 0.4) is 0 Å². The van der Waals surface area contributed by atoms with Crippen molar-refractivity contribution in [1.82, 2.24) is 9.97 Å². The Kier molecular flexibility index (Phi) is 6.61. The highest BCUT2D eigenvalue weighted by Crippen LogP contribution is 2.41. The summed E-state index contributed by atoms with van der Waals surface area (Å²) >= 11 is 0. The van der Waals surface area contributed by atoms with Crippen LogP contribution < -0.4 is 16.0 Å². The Labute approximate surface area is 211 Å². The minimum atomic E-state index is -1.01. The third-order valence-corrected chi connectivity index (χ3v) is 6.97. The minimum Gasteiger partial charge on any atom is -0.391 e. The monoisotopic (exact) mass is 513 g/mol. The molecule has 1 aliphatic carbocycles. The molecule has 37 heavy (non-hydrogen) atoms. The summed E-state index contributed by atoms with van der Waals surface area (Å²) in [4.78, 5) is 23.4. The lowest BCUT2D eigenvalue weighted by molar-refractivity contribution is 0.0784. The number of aromatic nitrogens is 2. The van der Waals surface area contributed by atoms with Crippen LogP contribution in [0.15, 0.2) is 36.5 Å². The van der Waals surface area contributed by atoms with E-state index in [4.69, 9.17) is 5.73 Å². The molecule has 5 N–H and O–H groups in total. The van der Waals surface area contributed by atoms with E-state index in [-0.39, 0.29) is 11.6 Å². The molecule has 1 unspecified atom stereocenters. The van der Waals surface area contributed by atoms with Gasteiger partial charge in [-0.2, -0.15) is 0 Å². The maximum absolute atomic E-state index is 14.5. The number of amides is 1. The lowest BCUT2D eigenvalue weighted by Crippen LogP contribution is -2.56. The van der Waals surface area contributed by atoms with E-state index in [0.29, 0.717) is 43.0 Å². The van der Waals surface area contributed by atoms with Gasteiger partial charge in [-0.05, 0) is 37.1 Å². The zero-order valence-electron chi connectivity index (χ0n) is 20.0. The van der Waals surface area contributed by atoms with Crippen molar-refractivity contribution in [3.05, 3.63) is 70.9 Å². The second-order valence-corrected chi connectivity index (χ2v) is 9.55. The molecule has 2 aromatic heterocycles. The summed E-state index contributed by atoms with van der Waals surface area (Å²) in [6, 6.07) is 4.61. The Morgan fingerprint density at radius 2 is 1.84 bits per heavy atom. The number of nitrogens with one attached hydrogen (secondary N) is 1. The van der Waals surface area contributed by atoms with Gasteiger partial charge in [0.15, 0.2) is 0 Å². The number of aliphatic hydroxyl groups is 2. The second-order valence-electron chi connectivity index (χ2n) is 9.55. The minimum absolute atomic E-state index is 0.153. The van der Waals surface area contributed by atoms with Gasteiger partial charge in [0, 0.05) is 30.6 Å². The van der Waals surface area contributed by atoms with Crippen LogP contribution in [0.4, 0.5) is 24.5 Å². The van der Waals surface area contributed by atoms with Gasteiger partial charge in [-0.1, -0.05) is 13.0 Å². The number of rotatable bonds is 4. The summed E-state index contributed by atoms with van der Waals surface area (Å²) in [5.41, 5.74) is 6.85. The van der Waals surface area contributed by atoms with Gasteiger partial charge in [0.05, 0.1) is 41.0 Å². The van der Waals surface area contributed by atoms with Crippen molar-refractivity contribution in [3.8, 4) is 11.3 Å². The molecule has 194 valence electrons. The maximum atomic E-state index is 14.5. The third kappa shape index (κ3) is 4.54. The molecule has 3 aromatic rings. The summed E-state index contributed by atoms with van der Waals surface area (Å²) in [5, 5.41) is 23.4. The highest BCUT2D eigenvalue weighted by molar-refractivity contribution is 6.05. The smallest absolute Gasteiger partial charge is 0.274 e. The van der Waals surface area contributed by atoms with Crippen molar-refractivity contribution in [2.75, 3.05) is 23.3 Å². The van der Waals surface area contributed by atoms with E-state index in [1.807, 2.05) is 11.8 Å². The molecule has 1 aliphatic heterocycles. The molecule has 2 aliphatic rings. The molecule has 8 nitrogen and oxygen atoms in total. The quantitative estimate of drug-likeness (QED) is 0.423. The first-order chi connectivity index (χ1) is 17.7. The number of halogens is 3. The van der Waals surface area contributed by atoms with Crippen LogP contribution in [0, 0.1) is 23.4 Å². The summed E-state index contributed by atoms with van der Waals surface area (Å²) in [7, 11) is 0. The Balaban J connectivity index is 1.52. The van der Waals surface area contributed by atoms with Crippen LogP contribution in [-0.4, -0.2) is 51.3 Å². The van der Waals surface area contributed by atoms with Gasteiger partial charge in [-0.25, -0.2) is 18.2 Å².